The van der Waals surface area contributed by atoms with Crippen LogP contribution in [-0.2, 0) is 23.4 Å². The molecule has 3 aromatic rings. The number of carbonyl (C=O) groups is 1. The van der Waals surface area contributed by atoms with Crippen LogP contribution < -0.4 is 15.6 Å². The van der Waals surface area contributed by atoms with Gasteiger partial charge in [-0.05, 0) is 49.4 Å². The summed E-state index contributed by atoms with van der Waals surface area (Å²) < 4.78 is 32.7. The summed E-state index contributed by atoms with van der Waals surface area (Å²) in [6.45, 7) is 0.247. The van der Waals surface area contributed by atoms with E-state index in [0.29, 0.717) is 36.6 Å². The fourth-order valence-corrected chi connectivity index (χ4v) is 6.66. The number of sulfone groups is 1. The number of pyridine rings is 1. The minimum atomic E-state index is -3.24. The van der Waals surface area contributed by atoms with Crippen molar-refractivity contribution < 1.29 is 17.9 Å². The molecule has 1 N–H and O–H groups in total. The van der Waals surface area contributed by atoms with E-state index in [1.54, 1.807) is 0 Å². The van der Waals surface area contributed by atoms with Crippen LogP contribution in [0.4, 0.5) is 0 Å². The molecule has 2 aromatic heterocycles. The molecule has 2 saturated carbocycles. The molecule has 9 nitrogen and oxygen atoms in total. The van der Waals surface area contributed by atoms with E-state index in [9.17, 15) is 18.0 Å². The van der Waals surface area contributed by atoms with Crippen LogP contribution in [0.15, 0.2) is 45.8 Å². The molecule has 0 saturated heterocycles. The van der Waals surface area contributed by atoms with Crippen molar-refractivity contribution >= 4 is 42.6 Å². The summed E-state index contributed by atoms with van der Waals surface area (Å²) in [5.41, 5.74) is 0.723. The molecule has 11 heteroatoms. The zero-order valence-electron chi connectivity index (χ0n) is 18.5. The zero-order chi connectivity index (χ0) is 24.1. The van der Waals surface area contributed by atoms with Gasteiger partial charge in [0.15, 0.2) is 9.84 Å². The summed E-state index contributed by atoms with van der Waals surface area (Å²) in [5, 5.41) is 10.9. The van der Waals surface area contributed by atoms with Crippen molar-refractivity contribution in [2.24, 2.45) is 7.05 Å². The van der Waals surface area contributed by atoms with Crippen LogP contribution in [0.1, 0.15) is 41.6 Å². The van der Waals surface area contributed by atoms with Gasteiger partial charge in [0, 0.05) is 23.5 Å². The van der Waals surface area contributed by atoms with Crippen LogP contribution in [0.5, 0.6) is 5.88 Å². The van der Waals surface area contributed by atoms with Gasteiger partial charge in [0.2, 0.25) is 0 Å². The van der Waals surface area contributed by atoms with Crippen LogP contribution in [0.3, 0.4) is 0 Å². The molecule has 0 aliphatic heterocycles. The van der Waals surface area contributed by atoms with Crippen molar-refractivity contribution in [3.8, 4) is 5.88 Å². The van der Waals surface area contributed by atoms with Crippen molar-refractivity contribution in [1.29, 1.82) is 0 Å². The number of hydrogen-bond donors (Lipinski definition) is 1. The van der Waals surface area contributed by atoms with Crippen LogP contribution >= 0.6 is 15.9 Å². The Kier molecular flexibility index (Phi) is 5.71. The molecule has 1 amide bonds. The Morgan fingerprint density at radius 3 is 2.62 bits per heavy atom. The first-order chi connectivity index (χ1) is 16.2. The Labute approximate surface area is 204 Å². The second-order valence-electron chi connectivity index (χ2n) is 8.90. The highest BCUT2D eigenvalue weighted by atomic mass is 79.9. The first-order valence-electron chi connectivity index (χ1n) is 11.0. The average Bonchev–Trinajstić information content (AvgIpc) is 3.73. The Morgan fingerprint density at radius 1 is 1.26 bits per heavy atom. The summed E-state index contributed by atoms with van der Waals surface area (Å²) in [7, 11) is -1.72. The van der Waals surface area contributed by atoms with Crippen LogP contribution in [0, 0.1) is 0 Å². The molecule has 0 spiro atoms. The molecule has 2 aliphatic rings. The Morgan fingerprint density at radius 2 is 1.97 bits per heavy atom. The number of aryl methyl sites for hydroxylation is 1. The molecule has 0 unspecified atom stereocenters. The number of hydrogen-bond acceptors (Lipinski definition) is 7. The van der Waals surface area contributed by atoms with Crippen LogP contribution in [-0.4, -0.2) is 45.7 Å². The lowest BCUT2D eigenvalue weighted by Crippen LogP contribution is -2.34. The molecule has 2 aliphatic carbocycles. The number of ether oxygens (including phenoxy) is 1. The number of aromatic nitrogens is 3. The Balaban J connectivity index is 1.38. The summed E-state index contributed by atoms with van der Waals surface area (Å²) in [6, 6.07) is 8.96. The quantitative estimate of drug-likeness (QED) is 0.460. The third kappa shape index (κ3) is 4.11. The van der Waals surface area contributed by atoms with E-state index in [4.69, 9.17) is 4.74 Å². The summed E-state index contributed by atoms with van der Waals surface area (Å²) >= 11 is 3.37. The SMILES string of the molecule is Cn1c(=O)c(C(=O)NCc2ccc(Br)cc2)cc2cnnc(OCC3(S(=O)(=O)C4CC4)CC3)c21. The first kappa shape index (κ1) is 23.0. The molecule has 0 bridgehead atoms. The van der Waals surface area contributed by atoms with Crippen molar-refractivity contribution in [2.45, 2.75) is 42.2 Å². The molecule has 0 atom stereocenters. The lowest BCUT2D eigenvalue weighted by molar-refractivity contribution is 0.0949. The van der Waals surface area contributed by atoms with Gasteiger partial charge in [-0.15, -0.1) is 5.10 Å². The van der Waals surface area contributed by atoms with Crippen molar-refractivity contribution in [2.75, 3.05) is 6.61 Å². The van der Waals surface area contributed by atoms with Gasteiger partial charge in [-0.2, -0.15) is 5.10 Å². The van der Waals surface area contributed by atoms with Gasteiger partial charge in [-0.1, -0.05) is 28.1 Å². The maximum absolute atomic E-state index is 13.0. The van der Waals surface area contributed by atoms with Crippen molar-refractivity contribution in [3.63, 3.8) is 0 Å². The lowest BCUT2D eigenvalue weighted by Gasteiger charge is -2.17. The standard InChI is InChI=1S/C23H23BrN4O5S/c1-28-19-15(10-18(22(28)30)20(29)25-11-14-2-4-16(24)5-3-14)12-26-27-21(19)33-13-23(8-9-23)34(31,32)17-6-7-17/h2-5,10,12,17H,6-9,11,13H2,1H3,(H,25,29). The summed E-state index contributed by atoms with van der Waals surface area (Å²) in [4.78, 5) is 25.8. The lowest BCUT2D eigenvalue weighted by atomic mass is 10.1. The normalized spacial score (nSPS) is 16.9. The minimum absolute atomic E-state index is 0.0246. The number of nitrogens with one attached hydrogen (secondary N) is 1. The molecule has 2 heterocycles. The van der Waals surface area contributed by atoms with Crippen LogP contribution in [0.25, 0.3) is 10.9 Å². The van der Waals surface area contributed by atoms with Crippen molar-refractivity contribution in [3.05, 3.63) is 62.5 Å². The molecule has 2 fully saturated rings. The van der Waals surface area contributed by atoms with E-state index in [2.05, 4.69) is 31.4 Å². The monoisotopic (exact) mass is 546 g/mol. The smallest absolute Gasteiger partial charge is 0.263 e. The third-order valence-electron chi connectivity index (χ3n) is 6.45. The highest BCUT2D eigenvalue weighted by Crippen LogP contribution is 2.50. The number of benzene rings is 1. The van der Waals surface area contributed by atoms with Gasteiger partial charge in [0.1, 0.15) is 22.4 Å². The number of rotatable bonds is 8. The number of nitrogens with zero attached hydrogens (tertiary/aromatic N) is 3. The van der Waals surface area contributed by atoms with Gasteiger partial charge in [0.25, 0.3) is 17.3 Å². The maximum atomic E-state index is 13.0. The minimum Gasteiger partial charge on any atom is -0.473 e. The molecule has 178 valence electrons. The van der Waals surface area contributed by atoms with Gasteiger partial charge in [-0.25, -0.2) is 8.42 Å². The molecule has 34 heavy (non-hydrogen) atoms. The van der Waals surface area contributed by atoms with E-state index in [1.165, 1.54) is 23.9 Å². The second-order valence-corrected chi connectivity index (χ2v) is 12.4. The summed E-state index contributed by atoms with van der Waals surface area (Å²) in [6.07, 6.45) is 3.98. The van der Waals surface area contributed by atoms with Crippen LogP contribution in [0.2, 0.25) is 0 Å². The largest absolute Gasteiger partial charge is 0.473 e. The fourth-order valence-electron chi connectivity index (χ4n) is 4.04. The average molecular weight is 547 g/mol. The number of halogens is 1. The van der Waals surface area contributed by atoms with E-state index in [-0.39, 0.29) is 29.8 Å². The molecule has 0 radical (unpaired) electrons. The molecular formula is C23H23BrN4O5S. The number of amides is 1. The third-order valence-corrected chi connectivity index (χ3v) is 10.1. The molecule has 5 rings (SSSR count). The van der Waals surface area contributed by atoms with Gasteiger partial charge in [0.05, 0.1) is 11.4 Å². The van der Waals surface area contributed by atoms with Gasteiger partial charge < -0.3 is 14.6 Å². The number of carbonyl (C=O) groups excluding carboxylic acids is 1. The Hall–Kier alpha value is -2.79. The van der Waals surface area contributed by atoms with E-state index in [0.717, 1.165) is 10.0 Å². The van der Waals surface area contributed by atoms with E-state index >= 15 is 0 Å². The predicted molar refractivity (Wildman–Crippen MR) is 129 cm³/mol. The van der Waals surface area contributed by atoms with Gasteiger partial charge >= 0.3 is 0 Å². The summed E-state index contributed by atoms with van der Waals surface area (Å²) in [5.74, 6) is -0.423. The van der Waals surface area contributed by atoms with Gasteiger partial charge in [-0.3, -0.25) is 9.59 Å². The molecule has 1 aromatic carbocycles. The topological polar surface area (TPSA) is 120 Å². The molecular weight excluding hydrogens is 524 g/mol. The van der Waals surface area contributed by atoms with Crippen molar-refractivity contribution in [1.82, 2.24) is 20.1 Å². The first-order valence-corrected chi connectivity index (χ1v) is 13.3. The highest BCUT2D eigenvalue weighted by Gasteiger charge is 2.60. The maximum Gasteiger partial charge on any atom is 0.263 e. The fraction of sp³-hybridized carbons (Fsp3) is 0.391. The Bertz CT molecular complexity index is 1440. The van der Waals surface area contributed by atoms with E-state index < -0.39 is 26.1 Å². The number of fused-ring (bicyclic) bond motifs is 1. The van der Waals surface area contributed by atoms with E-state index in [1.807, 2.05) is 24.3 Å². The predicted octanol–water partition coefficient (Wildman–Crippen LogP) is 2.51. The second kappa shape index (κ2) is 8.46. The highest BCUT2D eigenvalue weighted by molar-refractivity contribution is 9.10. The zero-order valence-corrected chi connectivity index (χ0v) is 20.9.